The predicted octanol–water partition coefficient (Wildman–Crippen LogP) is 2.05. The molecule has 0 aliphatic carbocycles. The number of likely N-dealkylation sites (tertiary alicyclic amines) is 1. The standard InChI is InChI=1S/C10H18BrNO/c1-2-6-12-7-3-10(4-8-12)13-9-5-11/h2,10H,1,3-9H2. The second-order valence-corrected chi connectivity index (χ2v) is 4.14. The van der Waals surface area contributed by atoms with Gasteiger partial charge in [-0.3, -0.25) is 4.90 Å². The van der Waals surface area contributed by atoms with Gasteiger partial charge in [-0.15, -0.1) is 6.58 Å². The highest BCUT2D eigenvalue weighted by molar-refractivity contribution is 9.09. The van der Waals surface area contributed by atoms with Crippen LogP contribution in [-0.2, 0) is 4.74 Å². The molecular formula is C10H18BrNO. The number of hydrogen-bond acceptors (Lipinski definition) is 2. The smallest absolute Gasteiger partial charge is 0.0599 e. The first-order valence-electron chi connectivity index (χ1n) is 4.87. The number of piperidine rings is 1. The summed E-state index contributed by atoms with van der Waals surface area (Å²) in [5.41, 5.74) is 0. The number of ether oxygens (including phenoxy) is 1. The number of nitrogens with zero attached hydrogens (tertiary/aromatic N) is 1. The van der Waals surface area contributed by atoms with Crippen LogP contribution >= 0.6 is 15.9 Å². The third-order valence-electron chi connectivity index (χ3n) is 2.35. The van der Waals surface area contributed by atoms with E-state index in [1.165, 1.54) is 12.8 Å². The molecule has 1 aliphatic heterocycles. The van der Waals surface area contributed by atoms with E-state index in [0.717, 1.165) is 31.6 Å². The Morgan fingerprint density at radius 3 is 2.69 bits per heavy atom. The van der Waals surface area contributed by atoms with Crippen molar-refractivity contribution < 1.29 is 4.74 Å². The molecule has 1 saturated heterocycles. The third-order valence-corrected chi connectivity index (χ3v) is 2.68. The van der Waals surface area contributed by atoms with Crippen LogP contribution in [0.5, 0.6) is 0 Å². The molecule has 2 nitrogen and oxygen atoms in total. The lowest BCUT2D eigenvalue weighted by Crippen LogP contribution is -2.37. The maximum absolute atomic E-state index is 5.66. The van der Waals surface area contributed by atoms with Gasteiger partial charge in [0.05, 0.1) is 12.7 Å². The molecular weight excluding hydrogens is 230 g/mol. The molecule has 0 N–H and O–H groups in total. The molecule has 0 unspecified atom stereocenters. The van der Waals surface area contributed by atoms with Crippen molar-refractivity contribution in [1.82, 2.24) is 4.90 Å². The van der Waals surface area contributed by atoms with Gasteiger partial charge >= 0.3 is 0 Å². The number of hydrogen-bond donors (Lipinski definition) is 0. The van der Waals surface area contributed by atoms with Crippen LogP contribution in [0.15, 0.2) is 12.7 Å². The van der Waals surface area contributed by atoms with Gasteiger partial charge < -0.3 is 4.74 Å². The van der Waals surface area contributed by atoms with Crippen molar-refractivity contribution in [2.24, 2.45) is 0 Å². The van der Waals surface area contributed by atoms with E-state index in [4.69, 9.17) is 4.74 Å². The van der Waals surface area contributed by atoms with Gasteiger partial charge in [0, 0.05) is 25.0 Å². The maximum Gasteiger partial charge on any atom is 0.0599 e. The fourth-order valence-electron chi connectivity index (χ4n) is 1.65. The maximum atomic E-state index is 5.66. The van der Waals surface area contributed by atoms with Gasteiger partial charge in [0.15, 0.2) is 0 Å². The highest BCUT2D eigenvalue weighted by Gasteiger charge is 2.17. The molecule has 0 atom stereocenters. The van der Waals surface area contributed by atoms with Crippen LogP contribution in [0.1, 0.15) is 12.8 Å². The Kier molecular flexibility index (Phi) is 5.67. The van der Waals surface area contributed by atoms with Crippen LogP contribution in [0.2, 0.25) is 0 Å². The third kappa shape index (κ3) is 4.25. The van der Waals surface area contributed by atoms with Crippen LogP contribution < -0.4 is 0 Å². The molecule has 0 aromatic carbocycles. The Morgan fingerprint density at radius 2 is 2.15 bits per heavy atom. The predicted molar refractivity (Wildman–Crippen MR) is 59.4 cm³/mol. The van der Waals surface area contributed by atoms with Gasteiger partial charge in [-0.1, -0.05) is 22.0 Å². The van der Waals surface area contributed by atoms with E-state index in [9.17, 15) is 0 Å². The van der Waals surface area contributed by atoms with E-state index in [0.29, 0.717) is 6.10 Å². The molecule has 76 valence electrons. The lowest BCUT2D eigenvalue weighted by atomic mass is 10.1. The summed E-state index contributed by atoms with van der Waals surface area (Å²) in [7, 11) is 0. The summed E-state index contributed by atoms with van der Waals surface area (Å²) in [4.78, 5) is 2.42. The Hall–Kier alpha value is 0.140. The van der Waals surface area contributed by atoms with E-state index in [1.54, 1.807) is 0 Å². The van der Waals surface area contributed by atoms with E-state index in [1.807, 2.05) is 6.08 Å². The summed E-state index contributed by atoms with van der Waals surface area (Å²) in [5, 5.41) is 0.944. The summed E-state index contributed by atoms with van der Waals surface area (Å²) in [6.45, 7) is 7.91. The van der Waals surface area contributed by atoms with Crippen LogP contribution in [0.4, 0.5) is 0 Å². The minimum Gasteiger partial charge on any atom is -0.377 e. The van der Waals surface area contributed by atoms with Crippen LogP contribution in [0, 0.1) is 0 Å². The zero-order chi connectivity index (χ0) is 9.52. The summed E-state index contributed by atoms with van der Waals surface area (Å²) in [5.74, 6) is 0. The molecule has 0 radical (unpaired) electrons. The highest BCUT2D eigenvalue weighted by Crippen LogP contribution is 2.13. The Morgan fingerprint density at radius 1 is 1.46 bits per heavy atom. The molecule has 0 saturated carbocycles. The summed E-state index contributed by atoms with van der Waals surface area (Å²) in [6, 6.07) is 0. The van der Waals surface area contributed by atoms with Crippen molar-refractivity contribution >= 4 is 15.9 Å². The van der Waals surface area contributed by atoms with Gasteiger partial charge in [-0.25, -0.2) is 0 Å². The minimum absolute atomic E-state index is 0.485. The normalized spacial score (nSPS) is 20.4. The van der Waals surface area contributed by atoms with Crippen molar-refractivity contribution in [3.05, 3.63) is 12.7 Å². The minimum atomic E-state index is 0.485. The van der Waals surface area contributed by atoms with E-state index >= 15 is 0 Å². The molecule has 0 aromatic heterocycles. The van der Waals surface area contributed by atoms with Gasteiger partial charge in [0.1, 0.15) is 0 Å². The zero-order valence-corrected chi connectivity index (χ0v) is 9.63. The fraction of sp³-hybridized carbons (Fsp3) is 0.800. The monoisotopic (exact) mass is 247 g/mol. The van der Waals surface area contributed by atoms with Gasteiger partial charge in [0.25, 0.3) is 0 Å². The second kappa shape index (κ2) is 6.57. The molecule has 0 bridgehead atoms. The fourth-order valence-corrected chi connectivity index (χ4v) is 1.84. The van der Waals surface area contributed by atoms with Gasteiger partial charge in [0.2, 0.25) is 0 Å². The summed E-state index contributed by atoms with van der Waals surface area (Å²) < 4.78 is 5.66. The number of alkyl halides is 1. The second-order valence-electron chi connectivity index (χ2n) is 3.35. The first-order valence-corrected chi connectivity index (χ1v) is 5.99. The Bertz CT molecular complexity index is 144. The molecule has 1 rings (SSSR count). The molecule has 0 aromatic rings. The van der Waals surface area contributed by atoms with Crippen LogP contribution in [0.25, 0.3) is 0 Å². The lowest BCUT2D eigenvalue weighted by Gasteiger charge is -2.30. The quantitative estimate of drug-likeness (QED) is 0.545. The zero-order valence-electron chi connectivity index (χ0n) is 8.04. The summed E-state index contributed by atoms with van der Waals surface area (Å²) >= 11 is 3.36. The lowest BCUT2D eigenvalue weighted by molar-refractivity contribution is 0.0184. The Balaban J connectivity index is 2.11. The van der Waals surface area contributed by atoms with Crippen molar-refractivity contribution in [1.29, 1.82) is 0 Å². The van der Waals surface area contributed by atoms with E-state index in [-0.39, 0.29) is 0 Å². The highest BCUT2D eigenvalue weighted by atomic mass is 79.9. The van der Waals surface area contributed by atoms with Crippen molar-refractivity contribution in [3.8, 4) is 0 Å². The first kappa shape index (κ1) is 11.2. The molecule has 0 spiro atoms. The van der Waals surface area contributed by atoms with Crippen LogP contribution in [-0.4, -0.2) is 42.6 Å². The number of halogens is 1. The van der Waals surface area contributed by atoms with Crippen LogP contribution in [0.3, 0.4) is 0 Å². The largest absolute Gasteiger partial charge is 0.377 e. The van der Waals surface area contributed by atoms with Crippen molar-refractivity contribution in [3.63, 3.8) is 0 Å². The molecule has 1 fully saturated rings. The Labute approximate surface area is 89.1 Å². The molecule has 1 heterocycles. The van der Waals surface area contributed by atoms with E-state index in [2.05, 4.69) is 27.4 Å². The summed E-state index contributed by atoms with van der Waals surface area (Å²) in [6.07, 6.45) is 4.79. The number of rotatable bonds is 5. The average molecular weight is 248 g/mol. The van der Waals surface area contributed by atoms with E-state index < -0.39 is 0 Å². The van der Waals surface area contributed by atoms with Gasteiger partial charge in [-0.05, 0) is 12.8 Å². The molecule has 1 aliphatic rings. The topological polar surface area (TPSA) is 12.5 Å². The molecule has 13 heavy (non-hydrogen) atoms. The SMILES string of the molecule is C=CCN1CCC(OCCBr)CC1. The first-order chi connectivity index (χ1) is 6.36. The molecule has 0 amide bonds. The van der Waals surface area contributed by atoms with Crippen molar-refractivity contribution in [2.45, 2.75) is 18.9 Å². The molecule has 3 heteroatoms. The van der Waals surface area contributed by atoms with Crippen molar-refractivity contribution in [2.75, 3.05) is 31.6 Å². The van der Waals surface area contributed by atoms with Gasteiger partial charge in [-0.2, -0.15) is 0 Å². The average Bonchev–Trinajstić information content (AvgIpc) is 2.17.